The number of urea groups is 1. The molecule has 12 nitrogen and oxygen atoms in total. The van der Waals surface area contributed by atoms with Crippen molar-refractivity contribution in [3.8, 4) is 0 Å². The molecule has 2 aromatic rings. The van der Waals surface area contributed by atoms with Gasteiger partial charge in [0.15, 0.2) is 0 Å². The molecule has 0 bridgehead atoms. The quantitative estimate of drug-likeness (QED) is 0.138. The van der Waals surface area contributed by atoms with Crippen molar-refractivity contribution in [1.82, 2.24) is 0 Å². The zero-order valence-electron chi connectivity index (χ0n) is 14.2. The zero-order chi connectivity index (χ0) is 20.7. The van der Waals surface area contributed by atoms with Crippen molar-refractivity contribution in [2.45, 2.75) is 9.79 Å². The van der Waals surface area contributed by atoms with Crippen LogP contribution >= 0.6 is 12.0 Å². The number of amides is 2. The molecule has 0 heterocycles. The SMILES string of the molecule is CNc1ccc(N=Nc2cc(SOOO)ccc2S(=O)(=O)O)c(NC(N)=O)c1. The molecular weight excluding hydrogens is 414 g/mol. The second-order valence-electron chi connectivity index (χ2n) is 5.00. The number of rotatable bonds is 8. The highest BCUT2D eigenvalue weighted by molar-refractivity contribution is 7.94. The molecule has 0 spiro atoms. The maximum Gasteiger partial charge on any atom is 0.316 e. The summed E-state index contributed by atoms with van der Waals surface area (Å²) in [6.45, 7) is 0. The minimum absolute atomic E-state index is 0.173. The van der Waals surface area contributed by atoms with Gasteiger partial charge in [-0.2, -0.15) is 8.42 Å². The van der Waals surface area contributed by atoms with Gasteiger partial charge in [0.1, 0.15) is 16.3 Å². The summed E-state index contributed by atoms with van der Waals surface area (Å²) in [5, 5.41) is 24.7. The number of primary amides is 1. The molecule has 6 N–H and O–H groups in total. The normalized spacial score (nSPS) is 11.5. The van der Waals surface area contributed by atoms with Crippen molar-refractivity contribution in [2.24, 2.45) is 16.0 Å². The number of anilines is 2. The molecule has 0 unspecified atom stereocenters. The second-order valence-corrected chi connectivity index (χ2v) is 7.17. The van der Waals surface area contributed by atoms with Crippen molar-refractivity contribution >= 4 is 50.9 Å². The van der Waals surface area contributed by atoms with Crippen LogP contribution in [0.1, 0.15) is 0 Å². The molecule has 0 saturated carbocycles. The smallest absolute Gasteiger partial charge is 0.316 e. The summed E-state index contributed by atoms with van der Waals surface area (Å²) < 4.78 is 36.7. The van der Waals surface area contributed by atoms with Gasteiger partial charge in [0.05, 0.1) is 17.7 Å². The Morgan fingerprint density at radius 2 is 1.89 bits per heavy atom. The maximum absolute atomic E-state index is 11.6. The molecule has 2 rings (SSSR count). The van der Waals surface area contributed by atoms with Crippen LogP contribution in [0, 0.1) is 0 Å². The lowest BCUT2D eigenvalue weighted by atomic mass is 10.2. The van der Waals surface area contributed by atoms with Gasteiger partial charge in [-0.1, -0.05) is 5.04 Å². The van der Waals surface area contributed by atoms with Crippen LogP contribution in [-0.4, -0.2) is 31.3 Å². The first-order valence-electron chi connectivity index (χ1n) is 7.31. The van der Waals surface area contributed by atoms with E-state index < -0.39 is 21.0 Å². The maximum atomic E-state index is 11.6. The number of nitrogens with two attached hydrogens (primary N) is 1. The highest BCUT2D eigenvalue weighted by atomic mass is 32.2. The highest BCUT2D eigenvalue weighted by Gasteiger charge is 2.17. The van der Waals surface area contributed by atoms with Crippen molar-refractivity contribution in [1.29, 1.82) is 0 Å². The van der Waals surface area contributed by atoms with Crippen LogP contribution < -0.4 is 16.4 Å². The molecule has 0 aliphatic carbocycles. The fourth-order valence-electron chi connectivity index (χ4n) is 2.02. The lowest BCUT2D eigenvalue weighted by Gasteiger charge is -2.08. The van der Waals surface area contributed by atoms with Gasteiger partial charge >= 0.3 is 6.03 Å². The number of azo groups is 1. The van der Waals surface area contributed by atoms with Gasteiger partial charge in [-0.3, -0.25) is 4.55 Å². The number of nitrogens with one attached hydrogen (secondary N) is 2. The van der Waals surface area contributed by atoms with Gasteiger partial charge in [-0.05, 0) is 36.4 Å². The minimum Gasteiger partial charge on any atom is -0.388 e. The summed E-state index contributed by atoms with van der Waals surface area (Å²) >= 11 is 0.560. The molecule has 0 aliphatic rings. The van der Waals surface area contributed by atoms with Crippen molar-refractivity contribution in [2.75, 3.05) is 17.7 Å². The van der Waals surface area contributed by atoms with Crippen molar-refractivity contribution in [3.63, 3.8) is 0 Å². The lowest BCUT2D eigenvalue weighted by Crippen LogP contribution is -2.19. The van der Waals surface area contributed by atoms with E-state index in [1.54, 1.807) is 19.2 Å². The van der Waals surface area contributed by atoms with Crippen molar-refractivity contribution < 1.29 is 32.4 Å². The van der Waals surface area contributed by atoms with Gasteiger partial charge in [0.25, 0.3) is 10.1 Å². The van der Waals surface area contributed by atoms with Gasteiger partial charge in [0.2, 0.25) is 0 Å². The molecule has 0 radical (unpaired) electrons. The molecule has 150 valence electrons. The molecule has 2 amide bonds. The summed E-state index contributed by atoms with van der Waals surface area (Å²) in [6, 6.07) is 7.44. The Morgan fingerprint density at radius 1 is 1.18 bits per heavy atom. The van der Waals surface area contributed by atoms with Crippen LogP contribution in [0.2, 0.25) is 0 Å². The van der Waals surface area contributed by atoms with Crippen LogP contribution in [0.25, 0.3) is 0 Å². The van der Waals surface area contributed by atoms with Crippen LogP contribution in [0.4, 0.5) is 27.5 Å². The van der Waals surface area contributed by atoms with Gasteiger partial charge in [0, 0.05) is 17.6 Å². The zero-order valence-corrected chi connectivity index (χ0v) is 15.8. The topological polar surface area (TPSA) is 185 Å². The first-order chi connectivity index (χ1) is 13.2. The first kappa shape index (κ1) is 21.5. The molecule has 0 fully saturated rings. The van der Waals surface area contributed by atoms with E-state index in [2.05, 4.69) is 30.2 Å². The molecule has 0 aliphatic heterocycles. The number of hydrogen-bond acceptors (Lipinski definition) is 10. The number of nitrogens with zero attached hydrogens (tertiary/aromatic N) is 2. The third kappa shape index (κ3) is 5.88. The molecular formula is C14H15N5O7S2. The molecule has 2 aromatic carbocycles. The van der Waals surface area contributed by atoms with Crippen molar-refractivity contribution in [3.05, 3.63) is 36.4 Å². The predicted octanol–water partition coefficient (Wildman–Crippen LogP) is 3.31. The van der Waals surface area contributed by atoms with E-state index in [-0.39, 0.29) is 22.0 Å². The predicted molar refractivity (Wildman–Crippen MR) is 100 cm³/mol. The van der Waals surface area contributed by atoms with Crippen LogP contribution in [0.3, 0.4) is 0 Å². The second kappa shape index (κ2) is 9.45. The average Bonchev–Trinajstić information content (AvgIpc) is 2.64. The number of benzene rings is 2. The van der Waals surface area contributed by atoms with E-state index in [9.17, 15) is 17.8 Å². The third-order valence-electron chi connectivity index (χ3n) is 3.18. The Hall–Kier alpha value is -2.75. The monoisotopic (exact) mass is 429 g/mol. The Kier molecular flexibility index (Phi) is 7.27. The molecule has 0 aromatic heterocycles. The van der Waals surface area contributed by atoms with E-state index in [0.717, 1.165) is 6.07 Å². The lowest BCUT2D eigenvalue weighted by molar-refractivity contribution is -0.432. The summed E-state index contributed by atoms with van der Waals surface area (Å²) in [6.07, 6.45) is 0. The first-order valence-corrected chi connectivity index (χ1v) is 9.49. The fourth-order valence-corrected chi connectivity index (χ4v) is 3.02. The van der Waals surface area contributed by atoms with Crippen LogP contribution in [-0.2, 0) is 19.5 Å². The number of carbonyl (C=O) groups is 1. The van der Waals surface area contributed by atoms with E-state index in [1.165, 1.54) is 18.2 Å². The number of hydrogen-bond donors (Lipinski definition) is 5. The Morgan fingerprint density at radius 3 is 2.50 bits per heavy atom. The van der Waals surface area contributed by atoms with E-state index in [0.29, 0.717) is 17.7 Å². The molecule has 14 heteroatoms. The van der Waals surface area contributed by atoms with Gasteiger partial charge in [-0.25, -0.2) is 10.1 Å². The summed E-state index contributed by atoms with van der Waals surface area (Å²) in [7, 11) is -2.93. The van der Waals surface area contributed by atoms with E-state index in [4.69, 9.17) is 11.0 Å². The number of carbonyl (C=O) groups excluding carboxylic acids is 1. The molecule has 28 heavy (non-hydrogen) atoms. The van der Waals surface area contributed by atoms with E-state index in [1.807, 2.05) is 0 Å². The highest BCUT2D eigenvalue weighted by Crippen LogP contribution is 2.34. The van der Waals surface area contributed by atoms with E-state index >= 15 is 0 Å². The molecule has 0 atom stereocenters. The third-order valence-corrected chi connectivity index (χ3v) is 4.65. The Balaban J connectivity index is 2.48. The minimum atomic E-state index is -4.60. The summed E-state index contributed by atoms with van der Waals surface area (Å²) in [5.41, 5.74) is 5.96. The van der Waals surface area contributed by atoms with Gasteiger partial charge < -0.3 is 16.4 Å². The average molecular weight is 429 g/mol. The van der Waals surface area contributed by atoms with Crippen LogP contribution in [0.5, 0.6) is 0 Å². The Labute approximate surface area is 163 Å². The van der Waals surface area contributed by atoms with Crippen LogP contribution in [0.15, 0.2) is 56.4 Å². The summed E-state index contributed by atoms with van der Waals surface area (Å²) in [5.74, 6) is 0. The standard InChI is InChI=1S/C14H15N5O7S2/c1-16-8-2-4-10(11(6-8)17-14(15)20)18-19-12-7-9(27-26-25-21)3-5-13(12)28(22,23)24/h2-7,16,21H,1H3,(H3,15,17,20)(H,22,23,24). The molecule has 0 saturated heterocycles. The van der Waals surface area contributed by atoms with Gasteiger partial charge in [-0.15, -0.1) is 14.6 Å². The fraction of sp³-hybridized carbons (Fsp3) is 0.0714. The largest absolute Gasteiger partial charge is 0.388 e. The summed E-state index contributed by atoms with van der Waals surface area (Å²) in [4.78, 5) is 11.0. The Bertz CT molecular complexity index is 998.